The maximum atomic E-state index is 12.9. The Bertz CT molecular complexity index is 909. The van der Waals surface area contributed by atoms with Gasteiger partial charge in [0, 0.05) is 12.7 Å². The summed E-state index contributed by atoms with van der Waals surface area (Å²) in [6.45, 7) is 4.31. The molecular formula is C21H30N8O2. The first kappa shape index (κ1) is 23.6. The van der Waals surface area contributed by atoms with Gasteiger partial charge in [0.1, 0.15) is 11.7 Å². The minimum Gasteiger partial charge on any atom is -0.404 e. The van der Waals surface area contributed by atoms with Crippen LogP contribution in [0.15, 0.2) is 36.8 Å². The van der Waals surface area contributed by atoms with Gasteiger partial charge < -0.3 is 32.4 Å². The van der Waals surface area contributed by atoms with Crippen LogP contribution >= 0.6 is 0 Å². The maximum Gasteiger partial charge on any atom is 0.313 e. The van der Waals surface area contributed by atoms with Gasteiger partial charge in [-0.3, -0.25) is 15.0 Å². The topological polar surface area (TPSA) is 174 Å². The molecule has 0 spiro atoms. The standard InChI is InChI=1S/C21H30N8O2/c1-3-14-10-15(11-27-19(14)25)28-20(30)21(31)29-12-13(2)4-5-17(29)16(23)7-9-26-18(24)6-8-22/h6-11,13,17,23H,3-5,12,22H2,1-2H3,(H2,24,26)(H2,25,27)(H,28,30)/b8-6-,9-7-,23-16?/t13-,17+/m1/s1. The molecule has 0 bridgehead atoms. The summed E-state index contributed by atoms with van der Waals surface area (Å²) in [7, 11) is 0. The lowest BCUT2D eigenvalue weighted by Crippen LogP contribution is -2.53. The molecule has 1 aliphatic rings. The third kappa shape index (κ3) is 6.39. The van der Waals surface area contributed by atoms with Crippen LogP contribution in [-0.4, -0.2) is 45.8 Å². The van der Waals surface area contributed by atoms with Crippen molar-refractivity contribution in [3.05, 3.63) is 42.4 Å². The molecule has 31 heavy (non-hydrogen) atoms. The van der Waals surface area contributed by atoms with Crippen molar-refractivity contribution in [2.24, 2.45) is 11.7 Å². The molecule has 0 radical (unpaired) electrons. The van der Waals surface area contributed by atoms with E-state index < -0.39 is 17.9 Å². The zero-order valence-electron chi connectivity index (χ0n) is 17.8. The number of carbonyl (C=O) groups excluding carboxylic acids is 2. The van der Waals surface area contributed by atoms with Crippen LogP contribution in [0.3, 0.4) is 0 Å². The Kier molecular flexibility index (Phi) is 8.30. The largest absolute Gasteiger partial charge is 0.404 e. The van der Waals surface area contributed by atoms with Crippen LogP contribution in [0, 0.1) is 16.7 Å². The number of piperidine rings is 1. The van der Waals surface area contributed by atoms with Crippen LogP contribution in [0.25, 0.3) is 0 Å². The van der Waals surface area contributed by atoms with E-state index in [0.717, 1.165) is 12.0 Å². The van der Waals surface area contributed by atoms with Crippen LogP contribution in [0.5, 0.6) is 0 Å². The van der Waals surface area contributed by atoms with E-state index in [9.17, 15) is 9.59 Å². The number of rotatable bonds is 6. The minimum absolute atomic E-state index is 0.0692. The van der Waals surface area contributed by atoms with Crippen molar-refractivity contribution in [1.29, 1.82) is 10.8 Å². The first-order valence-electron chi connectivity index (χ1n) is 10.1. The number of nitrogens with zero attached hydrogens (tertiary/aromatic N) is 2. The third-order valence-corrected chi connectivity index (χ3v) is 5.04. The summed E-state index contributed by atoms with van der Waals surface area (Å²) >= 11 is 0. The number of aryl methyl sites for hydroxylation is 1. The van der Waals surface area contributed by atoms with Crippen LogP contribution in [0.2, 0.25) is 0 Å². The molecule has 0 unspecified atom stereocenters. The van der Waals surface area contributed by atoms with Crippen LogP contribution in [0.4, 0.5) is 11.5 Å². The molecule has 1 fully saturated rings. The normalized spacial score (nSPS) is 18.8. The number of pyridine rings is 1. The van der Waals surface area contributed by atoms with Gasteiger partial charge in [-0.05, 0) is 55.2 Å². The fourth-order valence-electron chi connectivity index (χ4n) is 3.36. The zero-order chi connectivity index (χ0) is 23.0. The molecular weight excluding hydrogens is 396 g/mol. The second-order valence-corrected chi connectivity index (χ2v) is 7.44. The third-order valence-electron chi connectivity index (χ3n) is 5.04. The predicted molar refractivity (Wildman–Crippen MR) is 122 cm³/mol. The van der Waals surface area contributed by atoms with E-state index >= 15 is 0 Å². The first-order chi connectivity index (χ1) is 14.8. The highest BCUT2D eigenvalue weighted by Crippen LogP contribution is 2.23. The maximum absolute atomic E-state index is 12.9. The molecule has 0 aliphatic carbocycles. The first-order valence-corrected chi connectivity index (χ1v) is 10.1. The molecule has 2 amide bonds. The number of hydrogen-bond donors (Lipinski definition) is 6. The number of hydrogen-bond acceptors (Lipinski definition) is 7. The SMILES string of the molecule is CCc1cc(NC(=O)C(=O)N2C[C@H](C)CC[C@H]2C(=N)/C=C\NC(=N)/C=C\N)cnc1N. The molecule has 0 saturated carbocycles. The van der Waals surface area contributed by atoms with Crippen molar-refractivity contribution in [1.82, 2.24) is 15.2 Å². The van der Waals surface area contributed by atoms with Crippen molar-refractivity contribution >= 4 is 34.9 Å². The van der Waals surface area contributed by atoms with Crippen LogP contribution in [0.1, 0.15) is 32.3 Å². The number of carbonyl (C=O) groups is 2. The summed E-state index contributed by atoms with van der Waals surface area (Å²) in [6, 6.07) is 1.17. The highest BCUT2D eigenvalue weighted by molar-refractivity contribution is 6.40. The molecule has 2 atom stereocenters. The van der Waals surface area contributed by atoms with Gasteiger partial charge in [-0.1, -0.05) is 13.8 Å². The van der Waals surface area contributed by atoms with Gasteiger partial charge in [-0.25, -0.2) is 4.98 Å². The molecule has 10 nitrogen and oxygen atoms in total. The number of nitrogens with one attached hydrogen (secondary N) is 4. The Balaban J connectivity index is 2.11. The monoisotopic (exact) mass is 426 g/mol. The Hall–Kier alpha value is -3.69. The number of aromatic nitrogens is 1. The van der Waals surface area contributed by atoms with Gasteiger partial charge in [0.25, 0.3) is 0 Å². The summed E-state index contributed by atoms with van der Waals surface area (Å²) in [5.41, 5.74) is 12.4. The van der Waals surface area contributed by atoms with Crippen molar-refractivity contribution in [2.75, 3.05) is 17.6 Å². The van der Waals surface area contributed by atoms with Gasteiger partial charge >= 0.3 is 11.8 Å². The van der Waals surface area contributed by atoms with Gasteiger partial charge in [0.05, 0.1) is 23.6 Å². The molecule has 10 heteroatoms. The lowest BCUT2D eigenvalue weighted by Gasteiger charge is -2.38. The lowest BCUT2D eigenvalue weighted by molar-refractivity contribution is -0.145. The second-order valence-electron chi connectivity index (χ2n) is 7.44. The van der Waals surface area contributed by atoms with E-state index in [0.29, 0.717) is 30.9 Å². The number of amidine groups is 1. The van der Waals surface area contributed by atoms with E-state index in [1.807, 2.05) is 13.8 Å². The number of nitrogens with two attached hydrogens (primary N) is 2. The van der Waals surface area contributed by atoms with Gasteiger partial charge in [0.2, 0.25) is 0 Å². The van der Waals surface area contributed by atoms with E-state index in [1.165, 1.54) is 35.6 Å². The molecule has 2 heterocycles. The molecule has 1 saturated heterocycles. The number of nitrogen functional groups attached to an aromatic ring is 1. The second kappa shape index (κ2) is 10.9. The van der Waals surface area contributed by atoms with Crippen molar-refractivity contribution in [3.63, 3.8) is 0 Å². The molecule has 1 aromatic heterocycles. The molecule has 8 N–H and O–H groups in total. The fraction of sp³-hybridized carbons (Fsp3) is 0.381. The Morgan fingerprint density at radius 3 is 2.74 bits per heavy atom. The average molecular weight is 427 g/mol. The zero-order valence-corrected chi connectivity index (χ0v) is 17.8. The molecule has 0 aromatic carbocycles. The van der Waals surface area contributed by atoms with Crippen molar-refractivity contribution in [3.8, 4) is 0 Å². The van der Waals surface area contributed by atoms with Gasteiger partial charge in [0.15, 0.2) is 0 Å². The highest BCUT2D eigenvalue weighted by atomic mass is 16.2. The summed E-state index contributed by atoms with van der Waals surface area (Å²) in [4.78, 5) is 31.0. The molecule has 166 valence electrons. The Morgan fingerprint density at radius 1 is 1.32 bits per heavy atom. The molecule has 1 aromatic rings. The Morgan fingerprint density at radius 2 is 2.06 bits per heavy atom. The van der Waals surface area contributed by atoms with E-state index in [2.05, 4.69) is 15.6 Å². The summed E-state index contributed by atoms with van der Waals surface area (Å²) in [5.74, 6) is -0.801. The van der Waals surface area contributed by atoms with Crippen molar-refractivity contribution in [2.45, 2.75) is 39.2 Å². The molecule has 1 aliphatic heterocycles. The average Bonchev–Trinajstić information content (AvgIpc) is 2.74. The van der Waals surface area contributed by atoms with Gasteiger partial charge in [-0.15, -0.1) is 0 Å². The smallest absolute Gasteiger partial charge is 0.313 e. The summed E-state index contributed by atoms with van der Waals surface area (Å²) in [5, 5.41) is 21.2. The fourth-order valence-corrected chi connectivity index (χ4v) is 3.36. The Labute approximate surface area is 181 Å². The summed E-state index contributed by atoms with van der Waals surface area (Å²) in [6.07, 6.45) is 9.00. The number of anilines is 2. The minimum atomic E-state index is -0.780. The number of likely N-dealkylation sites (tertiary alicyclic amines) is 1. The van der Waals surface area contributed by atoms with Crippen LogP contribution in [-0.2, 0) is 16.0 Å². The predicted octanol–water partition coefficient (Wildman–Crippen LogP) is 1.36. The van der Waals surface area contributed by atoms with Crippen LogP contribution < -0.4 is 22.1 Å². The van der Waals surface area contributed by atoms with E-state index in [4.69, 9.17) is 22.3 Å². The number of amides is 2. The summed E-state index contributed by atoms with van der Waals surface area (Å²) < 4.78 is 0. The van der Waals surface area contributed by atoms with E-state index in [1.54, 1.807) is 6.07 Å². The highest BCUT2D eigenvalue weighted by Gasteiger charge is 2.35. The van der Waals surface area contributed by atoms with Gasteiger partial charge in [-0.2, -0.15) is 0 Å². The van der Waals surface area contributed by atoms with E-state index in [-0.39, 0.29) is 17.5 Å². The quantitative estimate of drug-likeness (QED) is 0.227. The lowest BCUT2D eigenvalue weighted by atomic mass is 9.91. The van der Waals surface area contributed by atoms with Crippen molar-refractivity contribution < 1.29 is 9.59 Å². The molecule has 2 rings (SSSR count).